The van der Waals surface area contributed by atoms with Gasteiger partial charge in [0.25, 0.3) is 0 Å². The number of nitriles is 1. The Morgan fingerprint density at radius 3 is 2.03 bits per heavy atom. The summed E-state index contributed by atoms with van der Waals surface area (Å²) in [6.07, 6.45) is 2.04. The van der Waals surface area contributed by atoms with Crippen molar-refractivity contribution in [3.05, 3.63) is 114 Å². The van der Waals surface area contributed by atoms with E-state index >= 15 is 0 Å². The third kappa shape index (κ3) is 3.47. The van der Waals surface area contributed by atoms with Gasteiger partial charge in [-0.3, -0.25) is 0 Å². The first kappa shape index (κ1) is 21.8. The summed E-state index contributed by atoms with van der Waals surface area (Å²) in [7, 11) is 2.04. The minimum Gasteiger partial charge on any atom is -0.454 e. The van der Waals surface area contributed by atoms with Crippen molar-refractivity contribution in [1.82, 2.24) is 0 Å². The van der Waals surface area contributed by atoms with Gasteiger partial charge in [-0.1, -0.05) is 72.3 Å². The first-order chi connectivity index (χ1) is 17.5. The number of aromatic nitrogens is 1. The maximum atomic E-state index is 10.2. The van der Waals surface area contributed by atoms with Crippen molar-refractivity contribution in [2.45, 2.75) is 13.8 Å². The zero-order valence-corrected chi connectivity index (χ0v) is 20.5. The number of aryl methyl sites for hydroxylation is 3. The lowest BCUT2D eigenvalue weighted by atomic mass is 9.95. The van der Waals surface area contributed by atoms with Crippen LogP contribution in [0.4, 0.5) is 0 Å². The Kier molecular flexibility index (Phi) is 5.16. The second kappa shape index (κ2) is 8.52. The van der Waals surface area contributed by atoms with E-state index < -0.39 is 0 Å². The van der Waals surface area contributed by atoms with Crippen LogP contribution in [0.25, 0.3) is 55.4 Å². The SMILES string of the molecule is Cc1ccc(-c2ccc(-c3ccc4c(oc5c(-c6cccc[n+]6C)c(C)ccc54)c3C#N)cc2)cc1. The second-order valence-electron chi connectivity index (χ2n) is 9.35. The summed E-state index contributed by atoms with van der Waals surface area (Å²) in [5.41, 5.74) is 10.7. The Morgan fingerprint density at radius 2 is 1.33 bits per heavy atom. The first-order valence-corrected chi connectivity index (χ1v) is 12.1. The van der Waals surface area contributed by atoms with Crippen LogP contribution in [-0.2, 0) is 7.05 Å². The van der Waals surface area contributed by atoms with Crippen LogP contribution in [0.5, 0.6) is 0 Å². The fourth-order valence-electron chi connectivity index (χ4n) is 5.04. The molecule has 2 heterocycles. The van der Waals surface area contributed by atoms with Crippen molar-refractivity contribution in [3.63, 3.8) is 0 Å². The van der Waals surface area contributed by atoms with Gasteiger partial charge in [0.05, 0.1) is 5.56 Å². The lowest BCUT2D eigenvalue weighted by molar-refractivity contribution is -0.660. The lowest BCUT2D eigenvalue weighted by Crippen LogP contribution is -2.30. The number of fused-ring (bicyclic) bond motifs is 3. The van der Waals surface area contributed by atoms with Crippen molar-refractivity contribution < 1.29 is 8.98 Å². The van der Waals surface area contributed by atoms with Gasteiger partial charge in [0.2, 0.25) is 5.69 Å². The zero-order chi connectivity index (χ0) is 24.8. The number of pyridine rings is 1. The van der Waals surface area contributed by atoms with Gasteiger partial charge in [-0.25, -0.2) is 4.57 Å². The molecule has 0 aliphatic carbocycles. The van der Waals surface area contributed by atoms with E-state index in [0.29, 0.717) is 11.1 Å². The van der Waals surface area contributed by atoms with Crippen molar-refractivity contribution in [2.24, 2.45) is 7.05 Å². The minimum absolute atomic E-state index is 0.563. The molecule has 0 radical (unpaired) electrons. The van der Waals surface area contributed by atoms with Gasteiger partial charge in [0.1, 0.15) is 24.3 Å². The summed E-state index contributed by atoms with van der Waals surface area (Å²) < 4.78 is 8.62. The molecular formula is C33H25N2O+. The molecule has 6 aromatic rings. The number of hydrogen-bond acceptors (Lipinski definition) is 2. The zero-order valence-electron chi connectivity index (χ0n) is 20.5. The maximum absolute atomic E-state index is 10.2. The van der Waals surface area contributed by atoms with Gasteiger partial charge in [-0.2, -0.15) is 5.26 Å². The van der Waals surface area contributed by atoms with Crippen molar-refractivity contribution >= 4 is 21.9 Å². The highest BCUT2D eigenvalue weighted by Gasteiger charge is 2.22. The van der Waals surface area contributed by atoms with E-state index in [2.05, 4.69) is 97.3 Å². The van der Waals surface area contributed by atoms with E-state index in [9.17, 15) is 5.26 Å². The largest absolute Gasteiger partial charge is 0.454 e. The van der Waals surface area contributed by atoms with Crippen LogP contribution in [0.3, 0.4) is 0 Å². The molecule has 0 saturated heterocycles. The molecule has 36 heavy (non-hydrogen) atoms. The summed E-state index contributed by atoms with van der Waals surface area (Å²) in [4.78, 5) is 0. The molecule has 0 aliphatic rings. The molecule has 0 fully saturated rings. The predicted octanol–water partition coefficient (Wildman–Crippen LogP) is 7.90. The molecule has 0 unspecified atom stereocenters. The summed E-state index contributed by atoms with van der Waals surface area (Å²) in [6, 6.07) is 33.8. The molecule has 0 spiro atoms. The molecule has 0 bridgehead atoms. The van der Waals surface area contributed by atoms with E-state index in [4.69, 9.17) is 4.42 Å². The quantitative estimate of drug-likeness (QED) is 0.249. The normalized spacial score (nSPS) is 11.2. The monoisotopic (exact) mass is 465 g/mol. The van der Waals surface area contributed by atoms with Crippen LogP contribution in [-0.4, -0.2) is 0 Å². The van der Waals surface area contributed by atoms with Gasteiger partial charge in [-0.15, -0.1) is 0 Å². The molecule has 3 nitrogen and oxygen atoms in total. The van der Waals surface area contributed by atoms with Gasteiger partial charge in [-0.05, 0) is 48.2 Å². The van der Waals surface area contributed by atoms with Gasteiger partial charge < -0.3 is 4.42 Å². The molecule has 0 N–H and O–H groups in total. The number of rotatable bonds is 3. The fourth-order valence-corrected chi connectivity index (χ4v) is 5.04. The third-order valence-corrected chi connectivity index (χ3v) is 7.02. The topological polar surface area (TPSA) is 40.8 Å². The predicted molar refractivity (Wildman–Crippen MR) is 145 cm³/mol. The molecule has 2 aromatic heterocycles. The summed E-state index contributed by atoms with van der Waals surface area (Å²) >= 11 is 0. The molecule has 4 aromatic carbocycles. The first-order valence-electron chi connectivity index (χ1n) is 12.1. The number of furan rings is 1. The van der Waals surface area contributed by atoms with E-state index in [1.807, 2.05) is 31.4 Å². The van der Waals surface area contributed by atoms with E-state index in [1.165, 1.54) is 11.1 Å². The second-order valence-corrected chi connectivity index (χ2v) is 9.35. The molecule has 0 amide bonds. The van der Waals surface area contributed by atoms with E-state index in [1.54, 1.807) is 0 Å². The van der Waals surface area contributed by atoms with Crippen LogP contribution >= 0.6 is 0 Å². The Morgan fingerprint density at radius 1 is 0.694 bits per heavy atom. The Labute approximate surface area is 210 Å². The van der Waals surface area contributed by atoms with Crippen molar-refractivity contribution in [2.75, 3.05) is 0 Å². The highest BCUT2D eigenvalue weighted by atomic mass is 16.3. The van der Waals surface area contributed by atoms with Crippen LogP contribution in [0.15, 0.2) is 102 Å². The molecule has 3 heteroatoms. The number of nitrogens with zero attached hydrogens (tertiary/aromatic N) is 2. The van der Waals surface area contributed by atoms with Crippen molar-refractivity contribution in [1.29, 1.82) is 5.26 Å². The Balaban J connectivity index is 1.53. The highest BCUT2D eigenvalue weighted by molar-refractivity contribution is 6.12. The highest BCUT2D eigenvalue weighted by Crippen LogP contribution is 2.40. The lowest BCUT2D eigenvalue weighted by Gasteiger charge is -2.07. The van der Waals surface area contributed by atoms with Gasteiger partial charge in [0.15, 0.2) is 11.8 Å². The van der Waals surface area contributed by atoms with Gasteiger partial charge in [0, 0.05) is 28.5 Å². The van der Waals surface area contributed by atoms with E-state index in [-0.39, 0.29) is 0 Å². The average molecular weight is 466 g/mol. The Bertz CT molecular complexity index is 1800. The molecular weight excluding hydrogens is 440 g/mol. The van der Waals surface area contributed by atoms with Crippen molar-refractivity contribution in [3.8, 4) is 39.6 Å². The Hall–Kier alpha value is -4.68. The maximum Gasteiger partial charge on any atom is 0.216 e. The number of benzene rings is 4. The average Bonchev–Trinajstić information content (AvgIpc) is 3.28. The molecule has 0 atom stereocenters. The third-order valence-electron chi connectivity index (χ3n) is 7.02. The van der Waals surface area contributed by atoms with Crippen LogP contribution in [0.2, 0.25) is 0 Å². The standard InChI is InChI=1S/C33H25N2O/c1-21-7-10-23(11-8-21)24-12-14-25(15-13-24)26-17-18-27-28-16-9-22(2)31(30-6-4-5-19-35(30)3)33(28)36-32(27)29(26)20-34/h4-19H,1-3H3/q+1. The van der Waals surface area contributed by atoms with Crippen LogP contribution < -0.4 is 4.57 Å². The van der Waals surface area contributed by atoms with E-state index in [0.717, 1.165) is 49.9 Å². The smallest absolute Gasteiger partial charge is 0.216 e. The summed E-state index contributed by atoms with van der Waals surface area (Å²) in [6.45, 7) is 4.19. The van der Waals surface area contributed by atoms with Gasteiger partial charge >= 0.3 is 0 Å². The summed E-state index contributed by atoms with van der Waals surface area (Å²) in [5, 5.41) is 12.2. The molecule has 172 valence electrons. The summed E-state index contributed by atoms with van der Waals surface area (Å²) in [5.74, 6) is 0. The van der Waals surface area contributed by atoms with Crippen LogP contribution in [0, 0.1) is 25.2 Å². The number of hydrogen-bond donors (Lipinski definition) is 0. The van der Waals surface area contributed by atoms with Crippen LogP contribution in [0.1, 0.15) is 16.7 Å². The molecule has 0 aliphatic heterocycles. The molecule has 6 rings (SSSR count). The minimum atomic E-state index is 0.563. The molecule has 0 saturated carbocycles. The fraction of sp³-hybridized carbons (Fsp3) is 0.0909.